The molecule has 3 heteroatoms. The van der Waals surface area contributed by atoms with E-state index in [-0.39, 0.29) is 0 Å². The van der Waals surface area contributed by atoms with Gasteiger partial charge in [0.2, 0.25) is 0 Å². The van der Waals surface area contributed by atoms with E-state index in [4.69, 9.17) is 4.52 Å². The van der Waals surface area contributed by atoms with E-state index in [0.717, 1.165) is 0 Å². The second-order valence-corrected chi connectivity index (χ2v) is 3.22. The van der Waals surface area contributed by atoms with Crippen LogP contribution in [-0.4, -0.2) is 10.3 Å². The summed E-state index contributed by atoms with van der Waals surface area (Å²) in [5.41, 5.74) is -0.133. The molecule has 2 aromatic rings. The second-order valence-electron chi connectivity index (χ2n) is 3.22. The molecule has 0 amide bonds. The molecular weight excluding hydrogens is 190 g/mol. The van der Waals surface area contributed by atoms with Crippen LogP contribution in [0.2, 0.25) is 0 Å². The first-order valence-electron chi connectivity index (χ1n) is 4.60. The molecule has 15 heavy (non-hydrogen) atoms. The fraction of sp³-hybridized carbons (Fsp3) is 0.0833. The molecule has 1 unspecified atom stereocenters. The molecule has 0 aliphatic rings. The first-order chi connectivity index (χ1) is 7.27. The zero-order chi connectivity index (χ0) is 10.7. The van der Waals surface area contributed by atoms with Crippen molar-refractivity contribution in [3.63, 3.8) is 0 Å². The van der Waals surface area contributed by atoms with Crippen LogP contribution in [0.25, 0.3) is 0 Å². The third kappa shape index (κ3) is 1.57. The zero-order valence-corrected chi connectivity index (χ0v) is 8.13. The average Bonchev–Trinajstić information content (AvgIpc) is 2.83. The molecule has 0 spiro atoms. The van der Waals surface area contributed by atoms with Crippen molar-refractivity contribution in [2.24, 2.45) is 0 Å². The normalized spacial score (nSPS) is 14.5. The van der Waals surface area contributed by atoms with Gasteiger partial charge in [-0.15, -0.1) is 0 Å². The molecule has 0 aliphatic heterocycles. The summed E-state index contributed by atoms with van der Waals surface area (Å²) in [6.07, 6.45) is 2.87. The highest BCUT2D eigenvalue weighted by atomic mass is 16.5. The van der Waals surface area contributed by atoms with Crippen LogP contribution in [0.1, 0.15) is 11.3 Å². The molecule has 1 heterocycles. The Labute approximate surface area is 87.7 Å². The van der Waals surface area contributed by atoms with Gasteiger partial charge in [0, 0.05) is 6.07 Å². The predicted octanol–water partition coefficient (Wildman–Crippen LogP) is 2.10. The van der Waals surface area contributed by atoms with Gasteiger partial charge in [0.1, 0.15) is 12.0 Å². The molecule has 1 aromatic heterocycles. The number of rotatable bonds is 3. The Morgan fingerprint density at radius 1 is 1.27 bits per heavy atom. The minimum atomic E-state index is -1.28. The van der Waals surface area contributed by atoms with E-state index >= 15 is 0 Å². The average molecular weight is 201 g/mol. The Morgan fingerprint density at radius 2 is 2.00 bits per heavy atom. The van der Waals surface area contributed by atoms with E-state index < -0.39 is 5.60 Å². The molecule has 0 fully saturated rings. The van der Waals surface area contributed by atoms with Crippen molar-refractivity contribution in [3.8, 4) is 0 Å². The maximum absolute atomic E-state index is 10.4. The molecule has 3 nitrogen and oxygen atoms in total. The minimum absolute atomic E-state index is 0.434. The molecule has 1 aromatic carbocycles. The van der Waals surface area contributed by atoms with Gasteiger partial charge in [-0.2, -0.15) is 0 Å². The van der Waals surface area contributed by atoms with Gasteiger partial charge >= 0.3 is 0 Å². The fourth-order valence-corrected chi connectivity index (χ4v) is 1.47. The topological polar surface area (TPSA) is 46.3 Å². The van der Waals surface area contributed by atoms with Crippen LogP contribution in [0.4, 0.5) is 0 Å². The standard InChI is InChI=1S/C12H11NO2/c1-2-12(14,11-8-9-15-13-11)10-6-4-3-5-7-10/h2-9,14H,1H2. The SMILES string of the molecule is C=CC(O)(c1ccccc1)c1ccon1. The van der Waals surface area contributed by atoms with Gasteiger partial charge in [0.15, 0.2) is 5.60 Å². The Kier molecular flexibility index (Phi) is 2.39. The maximum Gasteiger partial charge on any atom is 0.153 e. The third-order valence-electron chi connectivity index (χ3n) is 2.34. The number of benzene rings is 1. The molecule has 1 N–H and O–H groups in total. The monoisotopic (exact) mass is 201 g/mol. The summed E-state index contributed by atoms with van der Waals surface area (Å²) in [7, 11) is 0. The number of aromatic nitrogens is 1. The number of hydrogen-bond acceptors (Lipinski definition) is 3. The summed E-state index contributed by atoms with van der Waals surface area (Å²) in [5.74, 6) is 0. The van der Waals surface area contributed by atoms with Crippen LogP contribution >= 0.6 is 0 Å². The summed E-state index contributed by atoms with van der Waals surface area (Å²) in [6, 6.07) is 10.8. The van der Waals surface area contributed by atoms with E-state index in [0.29, 0.717) is 11.3 Å². The lowest BCUT2D eigenvalue weighted by Gasteiger charge is -2.21. The molecular formula is C12H11NO2. The van der Waals surface area contributed by atoms with Gasteiger partial charge in [-0.3, -0.25) is 0 Å². The van der Waals surface area contributed by atoms with Crippen molar-refractivity contribution >= 4 is 0 Å². The molecule has 0 saturated carbocycles. The van der Waals surface area contributed by atoms with E-state index in [2.05, 4.69) is 11.7 Å². The molecule has 0 radical (unpaired) electrons. The van der Waals surface area contributed by atoms with E-state index in [1.807, 2.05) is 30.3 Å². The Balaban J connectivity index is 2.52. The summed E-state index contributed by atoms with van der Waals surface area (Å²) < 4.78 is 4.73. The van der Waals surface area contributed by atoms with Crippen molar-refractivity contribution in [3.05, 3.63) is 66.6 Å². The van der Waals surface area contributed by atoms with Gasteiger partial charge in [-0.05, 0) is 11.6 Å². The van der Waals surface area contributed by atoms with Crippen LogP contribution in [-0.2, 0) is 5.60 Å². The van der Waals surface area contributed by atoms with Gasteiger partial charge in [0.05, 0.1) is 0 Å². The van der Waals surface area contributed by atoms with Crippen LogP contribution in [0.15, 0.2) is 59.8 Å². The summed E-state index contributed by atoms with van der Waals surface area (Å²) in [5, 5.41) is 14.2. The predicted molar refractivity (Wildman–Crippen MR) is 56.1 cm³/mol. The maximum atomic E-state index is 10.4. The van der Waals surface area contributed by atoms with Crippen LogP contribution in [0.3, 0.4) is 0 Å². The van der Waals surface area contributed by atoms with Gasteiger partial charge in [0.25, 0.3) is 0 Å². The highest BCUT2D eigenvalue weighted by Gasteiger charge is 2.30. The first kappa shape index (κ1) is 9.68. The Hall–Kier alpha value is -1.87. The van der Waals surface area contributed by atoms with Gasteiger partial charge < -0.3 is 9.63 Å². The molecule has 1 atom stereocenters. The van der Waals surface area contributed by atoms with Crippen molar-refractivity contribution in [1.82, 2.24) is 5.16 Å². The largest absolute Gasteiger partial charge is 0.375 e. The van der Waals surface area contributed by atoms with E-state index in [1.165, 1.54) is 12.3 Å². The third-order valence-corrected chi connectivity index (χ3v) is 2.34. The lowest BCUT2D eigenvalue weighted by molar-refractivity contribution is 0.125. The van der Waals surface area contributed by atoms with Crippen LogP contribution in [0.5, 0.6) is 0 Å². The van der Waals surface area contributed by atoms with E-state index in [1.54, 1.807) is 6.07 Å². The molecule has 0 saturated heterocycles. The van der Waals surface area contributed by atoms with Crippen LogP contribution in [0, 0.1) is 0 Å². The van der Waals surface area contributed by atoms with Gasteiger partial charge in [-0.1, -0.05) is 42.1 Å². The number of aliphatic hydroxyl groups is 1. The van der Waals surface area contributed by atoms with Crippen molar-refractivity contribution in [2.45, 2.75) is 5.60 Å². The lowest BCUT2D eigenvalue weighted by atomic mass is 9.91. The molecule has 0 aliphatic carbocycles. The van der Waals surface area contributed by atoms with Crippen molar-refractivity contribution < 1.29 is 9.63 Å². The van der Waals surface area contributed by atoms with Crippen LogP contribution < -0.4 is 0 Å². The van der Waals surface area contributed by atoms with E-state index in [9.17, 15) is 5.11 Å². The fourth-order valence-electron chi connectivity index (χ4n) is 1.47. The van der Waals surface area contributed by atoms with Gasteiger partial charge in [-0.25, -0.2) is 0 Å². The van der Waals surface area contributed by atoms with Crippen molar-refractivity contribution in [1.29, 1.82) is 0 Å². The summed E-state index contributed by atoms with van der Waals surface area (Å²) >= 11 is 0. The smallest absolute Gasteiger partial charge is 0.153 e. The summed E-state index contributed by atoms with van der Waals surface area (Å²) in [4.78, 5) is 0. The van der Waals surface area contributed by atoms with Crippen molar-refractivity contribution in [2.75, 3.05) is 0 Å². The highest BCUT2D eigenvalue weighted by Crippen LogP contribution is 2.28. The first-order valence-corrected chi connectivity index (χ1v) is 4.60. The number of hydrogen-bond donors (Lipinski definition) is 1. The molecule has 2 rings (SSSR count). The Morgan fingerprint density at radius 3 is 2.53 bits per heavy atom. The summed E-state index contributed by atoms with van der Waals surface area (Å²) in [6.45, 7) is 3.63. The quantitative estimate of drug-likeness (QED) is 0.773. The number of nitrogens with zero attached hydrogens (tertiary/aromatic N) is 1. The molecule has 76 valence electrons. The highest BCUT2D eigenvalue weighted by molar-refractivity contribution is 5.35. The minimum Gasteiger partial charge on any atom is -0.375 e. The zero-order valence-electron chi connectivity index (χ0n) is 8.13. The lowest BCUT2D eigenvalue weighted by Crippen LogP contribution is -2.24. The molecule has 0 bridgehead atoms. The Bertz CT molecular complexity index is 436. The second kappa shape index (κ2) is 3.71.